The van der Waals surface area contributed by atoms with E-state index in [9.17, 15) is 28.8 Å². The Morgan fingerprint density at radius 1 is 0.844 bits per heavy atom. The largest absolute Gasteiger partial charge is 0.497 e. The highest BCUT2D eigenvalue weighted by Crippen LogP contribution is 2.47. The SMILES string of the molecule is COc1ccc2cccc(CCN(C(C)=O)C(=O)OCOC(=O)CC3(CC(=O)OC(COC(C)=O)COC(C)=O)CCC3)c2c1. The minimum absolute atomic E-state index is 0.0412. The standard InChI is InChI=1S/C32H39NO12/c1-21(34)33(14-11-25-8-5-7-24-9-10-26(40-4)15-28(24)25)31(39)44-20-43-29(37)16-32(12-6-13-32)17-30(38)45-27(18-41-22(2)35)19-42-23(3)36/h5,7-10,15,27H,6,11-14,16-20H2,1-4H3. The van der Waals surface area contributed by atoms with Gasteiger partial charge in [0, 0.05) is 27.3 Å². The number of rotatable bonds is 15. The van der Waals surface area contributed by atoms with Crippen molar-refractivity contribution in [3.8, 4) is 5.75 Å². The number of esters is 4. The normalized spacial score (nSPS) is 13.3. The first-order valence-corrected chi connectivity index (χ1v) is 14.5. The third-order valence-electron chi connectivity index (χ3n) is 7.48. The summed E-state index contributed by atoms with van der Waals surface area (Å²) in [5.41, 5.74) is 0.197. The van der Waals surface area contributed by atoms with Crippen LogP contribution in [0.4, 0.5) is 4.79 Å². The fourth-order valence-corrected chi connectivity index (χ4v) is 5.02. The van der Waals surface area contributed by atoms with E-state index in [4.69, 9.17) is 28.4 Å². The average molecular weight is 630 g/mol. The first kappa shape index (κ1) is 34.8. The number of carbonyl (C=O) groups is 6. The Hall–Kier alpha value is -4.68. The Labute approximate surface area is 261 Å². The highest BCUT2D eigenvalue weighted by molar-refractivity contribution is 5.91. The molecule has 3 rings (SSSR count). The van der Waals surface area contributed by atoms with E-state index in [1.807, 2.05) is 36.4 Å². The molecule has 1 fully saturated rings. The van der Waals surface area contributed by atoms with Crippen LogP contribution in [0.5, 0.6) is 5.75 Å². The highest BCUT2D eigenvalue weighted by atomic mass is 16.7. The summed E-state index contributed by atoms with van der Waals surface area (Å²) in [6.07, 6.45) is 0.0807. The summed E-state index contributed by atoms with van der Waals surface area (Å²) in [6.45, 7) is 2.38. The van der Waals surface area contributed by atoms with Gasteiger partial charge in [0.1, 0.15) is 19.0 Å². The van der Waals surface area contributed by atoms with Crippen molar-refractivity contribution in [3.63, 3.8) is 0 Å². The van der Waals surface area contributed by atoms with Crippen LogP contribution >= 0.6 is 0 Å². The average Bonchev–Trinajstić information content (AvgIpc) is 2.96. The van der Waals surface area contributed by atoms with Crippen LogP contribution in [-0.2, 0) is 54.1 Å². The summed E-state index contributed by atoms with van der Waals surface area (Å²) in [6, 6.07) is 11.4. The van der Waals surface area contributed by atoms with Gasteiger partial charge < -0.3 is 28.4 Å². The maximum atomic E-state index is 12.7. The number of nitrogens with zero attached hydrogens (tertiary/aromatic N) is 1. The van der Waals surface area contributed by atoms with Crippen molar-refractivity contribution in [1.82, 2.24) is 4.90 Å². The number of imide groups is 1. The molecule has 0 saturated heterocycles. The van der Waals surface area contributed by atoms with E-state index >= 15 is 0 Å². The monoisotopic (exact) mass is 629 g/mol. The van der Waals surface area contributed by atoms with E-state index < -0.39 is 54.2 Å². The van der Waals surface area contributed by atoms with Crippen LogP contribution in [0.1, 0.15) is 58.4 Å². The Bertz CT molecular complexity index is 1380. The summed E-state index contributed by atoms with van der Waals surface area (Å²) >= 11 is 0. The van der Waals surface area contributed by atoms with Gasteiger partial charge in [-0.15, -0.1) is 0 Å². The number of amides is 2. The molecule has 1 saturated carbocycles. The Kier molecular flexibility index (Phi) is 12.7. The number of benzene rings is 2. The van der Waals surface area contributed by atoms with E-state index in [0.717, 1.165) is 27.7 Å². The molecule has 1 aliphatic rings. The summed E-state index contributed by atoms with van der Waals surface area (Å²) in [7, 11) is 1.57. The van der Waals surface area contributed by atoms with Gasteiger partial charge in [-0.3, -0.25) is 24.0 Å². The van der Waals surface area contributed by atoms with Crippen molar-refractivity contribution >= 4 is 46.7 Å². The highest BCUT2D eigenvalue weighted by Gasteiger charge is 2.42. The third kappa shape index (κ3) is 10.8. The first-order valence-electron chi connectivity index (χ1n) is 14.5. The smallest absolute Gasteiger partial charge is 0.419 e. The molecule has 2 aromatic carbocycles. The molecule has 0 aliphatic heterocycles. The zero-order chi connectivity index (χ0) is 33.0. The van der Waals surface area contributed by atoms with Gasteiger partial charge in [-0.1, -0.05) is 30.7 Å². The molecule has 0 radical (unpaired) electrons. The van der Waals surface area contributed by atoms with Crippen LogP contribution < -0.4 is 4.74 Å². The Morgan fingerprint density at radius 3 is 2.09 bits per heavy atom. The maximum absolute atomic E-state index is 12.7. The summed E-state index contributed by atoms with van der Waals surface area (Å²) in [4.78, 5) is 73.4. The maximum Gasteiger partial charge on any atom is 0.419 e. The van der Waals surface area contributed by atoms with Crippen LogP contribution in [0, 0.1) is 5.41 Å². The zero-order valence-corrected chi connectivity index (χ0v) is 26.0. The third-order valence-corrected chi connectivity index (χ3v) is 7.48. The molecule has 1 aliphatic carbocycles. The van der Waals surface area contributed by atoms with Crippen molar-refractivity contribution in [1.29, 1.82) is 0 Å². The summed E-state index contributed by atoms with van der Waals surface area (Å²) in [5, 5.41) is 1.92. The molecule has 45 heavy (non-hydrogen) atoms. The molecule has 0 unspecified atom stereocenters. The lowest BCUT2D eigenvalue weighted by molar-refractivity contribution is -0.170. The molecule has 0 aromatic heterocycles. The Morgan fingerprint density at radius 2 is 1.51 bits per heavy atom. The zero-order valence-electron chi connectivity index (χ0n) is 26.0. The van der Waals surface area contributed by atoms with E-state index in [1.165, 1.54) is 20.8 Å². The molecule has 0 heterocycles. The summed E-state index contributed by atoms with van der Waals surface area (Å²) < 4.78 is 30.6. The molecule has 244 valence electrons. The lowest BCUT2D eigenvalue weighted by Gasteiger charge is -2.40. The first-order chi connectivity index (χ1) is 21.4. The molecule has 13 heteroatoms. The molecule has 2 aromatic rings. The van der Waals surface area contributed by atoms with Crippen LogP contribution in [0.2, 0.25) is 0 Å². The second kappa shape index (κ2) is 16.4. The molecule has 2 amide bonds. The number of hydrogen-bond donors (Lipinski definition) is 0. The Balaban J connectivity index is 1.49. The van der Waals surface area contributed by atoms with Gasteiger partial charge in [-0.2, -0.15) is 0 Å². The number of carbonyl (C=O) groups excluding carboxylic acids is 6. The van der Waals surface area contributed by atoms with E-state index in [-0.39, 0.29) is 32.6 Å². The minimum Gasteiger partial charge on any atom is -0.497 e. The predicted octanol–water partition coefficient (Wildman–Crippen LogP) is 3.87. The van der Waals surface area contributed by atoms with Gasteiger partial charge >= 0.3 is 30.0 Å². The molecule has 13 nitrogen and oxygen atoms in total. The van der Waals surface area contributed by atoms with Gasteiger partial charge in [0.05, 0.1) is 20.0 Å². The number of fused-ring (bicyclic) bond motifs is 1. The number of hydrogen-bond acceptors (Lipinski definition) is 12. The van der Waals surface area contributed by atoms with Crippen LogP contribution in [0.3, 0.4) is 0 Å². The molecule has 0 spiro atoms. The van der Waals surface area contributed by atoms with E-state index in [2.05, 4.69) is 0 Å². The van der Waals surface area contributed by atoms with Crippen LogP contribution in [0.25, 0.3) is 10.8 Å². The van der Waals surface area contributed by atoms with Crippen molar-refractivity contribution < 1.29 is 57.2 Å². The van der Waals surface area contributed by atoms with E-state index in [0.29, 0.717) is 25.0 Å². The van der Waals surface area contributed by atoms with Crippen molar-refractivity contribution in [2.24, 2.45) is 5.41 Å². The van der Waals surface area contributed by atoms with Gasteiger partial charge in [0.25, 0.3) is 0 Å². The van der Waals surface area contributed by atoms with Gasteiger partial charge in [0.2, 0.25) is 12.7 Å². The molecular weight excluding hydrogens is 590 g/mol. The van der Waals surface area contributed by atoms with Crippen molar-refractivity contribution in [2.45, 2.75) is 65.4 Å². The van der Waals surface area contributed by atoms with Crippen molar-refractivity contribution in [3.05, 3.63) is 42.0 Å². The predicted molar refractivity (Wildman–Crippen MR) is 158 cm³/mol. The van der Waals surface area contributed by atoms with Gasteiger partial charge in [0.15, 0.2) is 6.10 Å². The molecule has 0 bridgehead atoms. The summed E-state index contributed by atoms with van der Waals surface area (Å²) in [5.74, 6) is -2.37. The van der Waals surface area contributed by atoms with E-state index in [1.54, 1.807) is 7.11 Å². The molecule has 0 N–H and O–H groups in total. The molecular formula is C32H39NO12. The van der Waals surface area contributed by atoms with Crippen LogP contribution in [0.15, 0.2) is 36.4 Å². The van der Waals surface area contributed by atoms with Gasteiger partial charge in [-0.25, -0.2) is 9.69 Å². The lowest BCUT2D eigenvalue weighted by Crippen LogP contribution is -2.39. The van der Waals surface area contributed by atoms with Crippen LogP contribution in [-0.4, -0.2) is 80.5 Å². The fraction of sp³-hybridized carbons (Fsp3) is 0.500. The fourth-order valence-electron chi connectivity index (χ4n) is 5.02. The minimum atomic E-state index is -0.999. The number of ether oxygens (including phenoxy) is 6. The van der Waals surface area contributed by atoms with Gasteiger partial charge in [-0.05, 0) is 53.1 Å². The lowest BCUT2D eigenvalue weighted by atomic mass is 9.64. The quantitative estimate of drug-likeness (QED) is 0.159. The van der Waals surface area contributed by atoms with Crippen molar-refractivity contribution in [2.75, 3.05) is 33.7 Å². The number of methoxy groups -OCH3 is 1. The topological polar surface area (TPSA) is 161 Å². The second-order valence-electron chi connectivity index (χ2n) is 10.9. The second-order valence-corrected chi connectivity index (χ2v) is 10.9. The molecule has 0 atom stereocenters.